The number of carbonyl (C=O) groups excluding carboxylic acids is 4. The summed E-state index contributed by atoms with van der Waals surface area (Å²) in [5, 5.41) is 14.2. The van der Waals surface area contributed by atoms with E-state index in [1.165, 1.54) is 0 Å². The predicted octanol–water partition coefficient (Wildman–Crippen LogP) is -1.32. The maximum absolute atomic E-state index is 12.5. The Hall–Kier alpha value is -2.14. The van der Waals surface area contributed by atoms with Gasteiger partial charge in [0.2, 0.25) is 5.91 Å². The fourth-order valence-corrected chi connectivity index (χ4v) is 2.37. The number of hydrogen-bond donors (Lipinski definition) is 3. The van der Waals surface area contributed by atoms with Crippen molar-refractivity contribution in [3.05, 3.63) is 12.2 Å². The highest BCUT2D eigenvalue weighted by molar-refractivity contribution is 6.13. The molecule has 1 rings (SSSR count). The first-order chi connectivity index (χ1) is 12.9. The van der Waals surface area contributed by atoms with Crippen LogP contribution in [0.2, 0.25) is 0 Å². The lowest BCUT2D eigenvalue weighted by atomic mass is 10.1. The number of aliphatic hydroxyl groups excluding tert-OH is 1. The zero-order chi connectivity index (χ0) is 20.2. The second-order valence-electron chi connectivity index (χ2n) is 5.83. The Morgan fingerprint density at radius 3 is 2.52 bits per heavy atom. The number of imide groups is 1. The van der Waals surface area contributed by atoms with Crippen LogP contribution in [0.15, 0.2) is 12.2 Å². The van der Waals surface area contributed by atoms with Crippen molar-refractivity contribution in [3.8, 4) is 0 Å². The largest absolute Gasteiger partial charge is 0.396 e. The van der Waals surface area contributed by atoms with E-state index in [0.717, 1.165) is 17.1 Å². The lowest BCUT2D eigenvalue weighted by Crippen LogP contribution is -2.47. The lowest BCUT2D eigenvalue weighted by Gasteiger charge is -2.24. The Bertz CT molecular complexity index is 547. The summed E-state index contributed by atoms with van der Waals surface area (Å²) in [7, 11) is 0. The Labute approximate surface area is 157 Å². The van der Waals surface area contributed by atoms with E-state index in [0.29, 0.717) is 19.9 Å². The van der Waals surface area contributed by atoms with Gasteiger partial charge in [-0.25, -0.2) is 0 Å². The summed E-state index contributed by atoms with van der Waals surface area (Å²) in [6.45, 7) is 4.47. The van der Waals surface area contributed by atoms with Gasteiger partial charge in [-0.2, -0.15) is 0 Å². The summed E-state index contributed by atoms with van der Waals surface area (Å²) in [5.41, 5.74) is 0. The molecule has 3 amide bonds. The molecular weight excluding hydrogens is 358 g/mol. The maximum atomic E-state index is 12.5. The molecule has 0 aromatic rings. The van der Waals surface area contributed by atoms with E-state index in [1.54, 1.807) is 6.92 Å². The molecule has 0 bridgehead atoms. The SMILES string of the molecule is CCOCNCCOC(NC(=O)CCO)C(=O)CC(C)N1C(=O)C=CC1=O. The van der Waals surface area contributed by atoms with Gasteiger partial charge in [0, 0.05) is 44.2 Å². The standard InChI is InChI=1S/C17H27N3O7/c1-3-26-11-18-7-9-27-17(19-14(23)6-8-21)13(22)10-12(2)20-15(24)4-5-16(20)25/h4-5,12,17-18,21H,3,6-11H2,1-2H3,(H,19,23). The van der Waals surface area contributed by atoms with Gasteiger partial charge in [-0.15, -0.1) is 0 Å². The molecule has 0 spiro atoms. The minimum absolute atomic E-state index is 0.125. The molecule has 152 valence electrons. The molecule has 27 heavy (non-hydrogen) atoms. The fraction of sp³-hybridized carbons (Fsp3) is 0.647. The summed E-state index contributed by atoms with van der Waals surface area (Å²) in [6.07, 6.45) is 0.712. The van der Waals surface area contributed by atoms with E-state index in [2.05, 4.69) is 10.6 Å². The average Bonchev–Trinajstić information content (AvgIpc) is 2.95. The molecule has 0 aromatic carbocycles. The number of amides is 3. The van der Waals surface area contributed by atoms with Crippen molar-refractivity contribution in [2.75, 3.05) is 33.1 Å². The number of ether oxygens (including phenoxy) is 2. The lowest BCUT2D eigenvalue weighted by molar-refractivity contribution is -0.144. The van der Waals surface area contributed by atoms with Crippen LogP contribution in [0.25, 0.3) is 0 Å². The Morgan fingerprint density at radius 1 is 1.26 bits per heavy atom. The molecule has 0 fully saturated rings. The summed E-state index contributed by atoms with van der Waals surface area (Å²) in [4.78, 5) is 48.6. The molecule has 10 heteroatoms. The van der Waals surface area contributed by atoms with Crippen molar-refractivity contribution >= 4 is 23.5 Å². The fourth-order valence-electron chi connectivity index (χ4n) is 2.37. The number of hydrogen-bond acceptors (Lipinski definition) is 8. The summed E-state index contributed by atoms with van der Waals surface area (Å²) in [5.74, 6) is -1.99. The highest BCUT2D eigenvalue weighted by Crippen LogP contribution is 2.13. The van der Waals surface area contributed by atoms with E-state index in [1.807, 2.05) is 6.92 Å². The normalized spacial score (nSPS) is 15.9. The summed E-state index contributed by atoms with van der Waals surface area (Å²) < 4.78 is 10.5. The number of nitrogens with one attached hydrogen (secondary N) is 2. The zero-order valence-corrected chi connectivity index (χ0v) is 15.6. The van der Waals surface area contributed by atoms with Crippen LogP contribution in [0.1, 0.15) is 26.7 Å². The molecule has 2 atom stereocenters. The maximum Gasteiger partial charge on any atom is 0.253 e. The van der Waals surface area contributed by atoms with E-state index in [4.69, 9.17) is 14.6 Å². The van der Waals surface area contributed by atoms with Gasteiger partial charge in [0.1, 0.15) is 0 Å². The Balaban J connectivity index is 2.58. The molecule has 1 aliphatic heterocycles. The predicted molar refractivity (Wildman–Crippen MR) is 94.2 cm³/mol. The van der Waals surface area contributed by atoms with Gasteiger partial charge in [-0.05, 0) is 13.8 Å². The zero-order valence-electron chi connectivity index (χ0n) is 15.6. The van der Waals surface area contributed by atoms with E-state index in [-0.39, 0.29) is 26.1 Å². The minimum atomic E-state index is -1.24. The molecule has 2 unspecified atom stereocenters. The van der Waals surface area contributed by atoms with Crippen LogP contribution in [0.4, 0.5) is 0 Å². The van der Waals surface area contributed by atoms with Crippen LogP contribution in [0, 0.1) is 0 Å². The molecule has 1 heterocycles. The van der Waals surface area contributed by atoms with Crippen LogP contribution in [0.3, 0.4) is 0 Å². The van der Waals surface area contributed by atoms with Crippen LogP contribution < -0.4 is 10.6 Å². The summed E-state index contributed by atoms with van der Waals surface area (Å²) >= 11 is 0. The van der Waals surface area contributed by atoms with Crippen LogP contribution in [-0.2, 0) is 28.7 Å². The molecule has 0 saturated carbocycles. The molecule has 0 aliphatic carbocycles. The van der Waals surface area contributed by atoms with Gasteiger partial charge in [-0.1, -0.05) is 0 Å². The smallest absolute Gasteiger partial charge is 0.253 e. The number of ketones is 1. The second kappa shape index (κ2) is 12.3. The quantitative estimate of drug-likeness (QED) is 0.190. The van der Waals surface area contributed by atoms with Gasteiger partial charge < -0.3 is 19.9 Å². The molecule has 3 N–H and O–H groups in total. The van der Waals surface area contributed by atoms with Crippen LogP contribution in [-0.4, -0.2) is 78.9 Å². The number of Topliss-reactive ketones (excluding diaryl/α,β-unsaturated/α-hetero) is 1. The second-order valence-corrected chi connectivity index (χ2v) is 5.83. The molecule has 1 aliphatic rings. The average molecular weight is 385 g/mol. The summed E-state index contributed by atoms with van der Waals surface area (Å²) in [6, 6.07) is -0.676. The molecule has 0 aromatic heterocycles. The third-order valence-corrected chi connectivity index (χ3v) is 3.68. The first kappa shape index (κ1) is 22.9. The van der Waals surface area contributed by atoms with Gasteiger partial charge in [-0.3, -0.25) is 29.4 Å². The monoisotopic (exact) mass is 385 g/mol. The van der Waals surface area contributed by atoms with Crippen molar-refractivity contribution < 1.29 is 33.8 Å². The van der Waals surface area contributed by atoms with Crippen molar-refractivity contribution in [2.45, 2.75) is 39.0 Å². The molecule has 0 saturated heterocycles. The third kappa shape index (κ3) is 7.95. The van der Waals surface area contributed by atoms with Crippen molar-refractivity contribution in [3.63, 3.8) is 0 Å². The van der Waals surface area contributed by atoms with Gasteiger partial charge in [0.05, 0.1) is 19.9 Å². The molecular formula is C17H27N3O7. The van der Waals surface area contributed by atoms with Crippen LogP contribution >= 0.6 is 0 Å². The number of nitrogens with zero attached hydrogens (tertiary/aromatic N) is 1. The number of aliphatic hydroxyl groups is 1. The van der Waals surface area contributed by atoms with Gasteiger partial charge >= 0.3 is 0 Å². The molecule has 0 radical (unpaired) electrons. The Kier molecular flexibility index (Phi) is 10.4. The number of rotatable bonds is 14. The van der Waals surface area contributed by atoms with Crippen LogP contribution in [0.5, 0.6) is 0 Å². The topological polar surface area (TPSA) is 134 Å². The number of carbonyl (C=O) groups is 4. The highest BCUT2D eigenvalue weighted by atomic mass is 16.5. The Morgan fingerprint density at radius 2 is 1.93 bits per heavy atom. The minimum Gasteiger partial charge on any atom is -0.396 e. The van der Waals surface area contributed by atoms with Crippen molar-refractivity contribution in [2.24, 2.45) is 0 Å². The van der Waals surface area contributed by atoms with Crippen molar-refractivity contribution in [1.82, 2.24) is 15.5 Å². The van der Waals surface area contributed by atoms with Crippen molar-refractivity contribution in [1.29, 1.82) is 0 Å². The van der Waals surface area contributed by atoms with Gasteiger partial charge in [0.25, 0.3) is 11.8 Å². The first-order valence-corrected chi connectivity index (χ1v) is 8.78. The van der Waals surface area contributed by atoms with E-state index >= 15 is 0 Å². The third-order valence-electron chi connectivity index (χ3n) is 3.68. The van der Waals surface area contributed by atoms with E-state index < -0.39 is 35.8 Å². The van der Waals surface area contributed by atoms with E-state index in [9.17, 15) is 19.2 Å². The first-order valence-electron chi connectivity index (χ1n) is 8.78. The molecule has 10 nitrogen and oxygen atoms in total. The van der Waals surface area contributed by atoms with Gasteiger partial charge in [0.15, 0.2) is 12.0 Å². The highest BCUT2D eigenvalue weighted by Gasteiger charge is 2.32.